The zero-order valence-corrected chi connectivity index (χ0v) is 20.0. The van der Waals surface area contributed by atoms with E-state index in [0.29, 0.717) is 39.3 Å². The van der Waals surface area contributed by atoms with Crippen LogP contribution < -0.4 is 4.74 Å². The maximum atomic E-state index is 13.3. The number of unbranched alkanes of at least 4 members (excludes halogenated alkanes) is 1. The van der Waals surface area contributed by atoms with E-state index in [9.17, 15) is 9.59 Å². The third-order valence-electron chi connectivity index (χ3n) is 6.57. The van der Waals surface area contributed by atoms with Gasteiger partial charge in [-0.15, -0.1) is 0 Å². The van der Waals surface area contributed by atoms with Gasteiger partial charge >= 0.3 is 6.09 Å². The summed E-state index contributed by atoms with van der Waals surface area (Å²) in [7, 11) is 1.72. The number of fused-ring (bicyclic) bond motifs is 1. The van der Waals surface area contributed by atoms with Crippen LogP contribution in [0.2, 0.25) is 0 Å². The highest BCUT2D eigenvalue weighted by Gasteiger charge is 2.30. The molecule has 0 spiro atoms. The summed E-state index contributed by atoms with van der Waals surface area (Å²) in [5, 5.41) is 0. The monoisotopic (exact) mass is 445 g/mol. The van der Waals surface area contributed by atoms with Crippen LogP contribution in [-0.2, 0) is 22.4 Å². The van der Waals surface area contributed by atoms with Crippen LogP contribution in [0.25, 0.3) is 0 Å². The van der Waals surface area contributed by atoms with Crippen LogP contribution in [0.3, 0.4) is 0 Å². The average molecular weight is 446 g/mol. The molecule has 3 rings (SSSR count). The molecule has 1 saturated heterocycles. The van der Waals surface area contributed by atoms with Crippen LogP contribution in [0.1, 0.15) is 50.7 Å². The molecule has 0 N–H and O–H groups in total. The first kappa shape index (κ1) is 24.4. The lowest BCUT2D eigenvalue weighted by Gasteiger charge is -2.38. The van der Waals surface area contributed by atoms with Crippen LogP contribution in [0, 0.1) is 0 Å². The van der Waals surface area contributed by atoms with E-state index in [4.69, 9.17) is 9.47 Å². The van der Waals surface area contributed by atoms with E-state index in [0.717, 1.165) is 50.8 Å². The fraction of sp³-hybridized carbons (Fsp3) is 0.680. The van der Waals surface area contributed by atoms with Crippen molar-refractivity contribution in [2.75, 3.05) is 53.0 Å². The van der Waals surface area contributed by atoms with E-state index in [2.05, 4.69) is 29.7 Å². The van der Waals surface area contributed by atoms with E-state index in [1.54, 1.807) is 12.0 Å². The minimum absolute atomic E-state index is 0.196. The zero-order valence-electron chi connectivity index (χ0n) is 20.0. The molecule has 0 aromatic heterocycles. The molecule has 1 aliphatic heterocycles. The number of piperazine rings is 1. The van der Waals surface area contributed by atoms with Crippen molar-refractivity contribution < 1.29 is 19.1 Å². The Morgan fingerprint density at radius 1 is 1.12 bits per heavy atom. The lowest BCUT2D eigenvalue weighted by Crippen LogP contribution is -2.53. The van der Waals surface area contributed by atoms with Crippen LogP contribution in [0.15, 0.2) is 18.2 Å². The van der Waals surface area contributed by atoms with Crippen LogP contribution >= 0.6 is 0 Å². The standard InChI is InChI=1S/C25H39N3O4/c1-4-6-17-32-25(30)27-15-13-26(14-16-27)19-24(29)28(12-5-2)21-10-11-22-20(18-21)8-7-9-23(22)31-3/h7-9,21H,4-6,10-19H2,1-3H3. The summed E-state index contributed by atoms with van der Waals surface area (Å²) in [6, 6.07) is 6.46. The molecule has 7 heteroatoms. The van der Waals surface area contributed by atoms with Gasteiger partial charge in [0.05, 0.1) is 20.3 Å². The van der Waals surface area contributed by atoms with Crippen molar-refractivity contribution in [3.63, 3.8) is 0 Å². The van der Waals surface area contributed by atoms with Crippen molar-refractivity contribution in [1.82, 2.24) is 14.7 Å². The van der Waals surface area contributed by atoms with Gasteiger partial charge in [0.1, 0.15) is 5.75 Å². The second-order valence-corrected chi connectivity index (χ2v) is 8.81. The van der Waals surface area contributed by atoms with Crippen molar-refractivity contribution >= 4 is 12.0 Å². The lowest BCUT2D eigenvalue weighted by molar-refractivity contribution is -0.135. The zero-order chi connectivity index (χ0) is 22.9. The van der Waals surface area contributed by atoms with Gasteiger partial charge in [-0.1, -0.05) is 32.4 Å². The summed E-state index contributed by atoms with van der Waals surface area (Å²) in [6.45, 7) is 8.53. The molecule has 1 aromatic carbocycles. The number of carbonyl (C=O) groups is 2. The second kappa shape index (κ2) is 12.1. The summed E-state index contributed by atoms with van der Waals surface area (Å²) < 4.78 is 10.8. The van der Waals surface area contributed by atoms with Crippen LogP contribution in [0.4, 0.5) is 4.79 Å². The van der Waals surface area contributed by atoms with Crippen molar-refractivity contribution in [2.45, 2.75) is 58.4 Å². The quantitative estimate of drug-likeness (QED) is 0.546. The molecule has 1 aromatic rings. The normalized spacial score (nSPS) is 18.7. The number of methoxy groups -OCH3 is 1. The Balaban J connectivity index is 1.53. The molecule has 1 aliphatic carbocycles. The number of nitrogens with zero attached hydrogens (tertiary/aromatic N) is 3. The molecule has 1 atom stereocenters. The molecule has 32 heavy (non-hydrogen) atoms. The van der Waals surface area contributed by atoms with Gasteiger partial charge in [-0.2, -0.15) is 0 Å². The number of ether oxygens (including phenoxy) is 2. The predicted octanol–water partition coefficient (Wildman–Crippen LogP) is 3.35. The third-order valence-corrected chi connectivity index (χ3v) is 6.57. The largest absolute Gasteiger partial charge is 0.496 e. The van der Waals surface area contributed by atoms with Crippen LogP contribution in [-0.4, -0.2) is 85.7 Å². The van der Waals surface area contributed by atoms with Crippen molar-refractivity contribution in [3.8, 4) is 5.75 Å². The Kier molecular flexibility index (Phi) is 9.21. The molecule has 0 radical (unpaired) electrons. The van der Waals surface area contributed by atoms with Gasteiger partial charge in [-0.05, 0) is 49.3 Å². The Morgan fingerprint density at radius 2 is 1.91 bits per heavy atom. The number of rotatable bonds is 9. The SMILES string of the molecule is CCCCOC(=O)N1CCN(CC(=O)N(CCC)C2CCc3c(cccc3OC)C2)CC1. The second-order valence-electron chi connectivity index (χ2n) is 8.81. The smallest absolute Gasteiger partial charge is 0.409 e. The first-order valence-corrected chi connectivity index (χ1v) is 12.2. The molecule has 0 saturated carbocycles. The molecule has 0 bridgehead atoms. The van der Waals surface area contributed by atoms with Gasteiger partial charge in [-0.25, -0.2) is 4.79 Å². The van der Waals surface area contributed by atoms with Crippen molar-refractivity contribution in [3.05, 3.63) is 29.3 Å². The molecule has 2 aliphatic rings. The van der Waals surface area contributed by atoms with Crippen molar-refractivity contribution in [2.24, 2.45) is 0 Å². The average Bonchev–Trinajstić information content (AvgIpc) is 2.82. The van der Waals surface area contributed by atoms with Crippen LogP contribution in [0.5, 0.6) is 5.75 Å². The summed E-state index contributed by atoms with van der Waals surface area (Å²) in [4.78, 5) is 31.4. The fourth-order valence-electron chi connectivity index (χ4n) is 4.73. The molecule has 2 amide bonds. The lowest BCUT2D eigenvalue weighted by atomic mass is 9.86. The number of hydrogen-bond acceptors (Lipinski definition) is 5. The minimum atomic E-state index is -0.228. The molecule has 178 valence electrons. The number of amides is 2. The topological polar surface area (TPSA) is 62.3 Å². The molecule has 1 heterocycles. The molecule has 7 nitrogen and oxygen atoms in total. The van der Waals surface area contributed by atoms with E-state index < -0.39 is 0 Å². The highest BCUT2D eigenvalue weighted by atomic mass is 16.6. The van der Waals surface area contributed by atoms with Gasteiger partial charge in [-0.3, -0.25) is 9.69 Å². The number of carbonyl (C=O) groups excluding carboxylic acids is 2. The van der Waals surface area contributed by atoms with Gasteiger partial charge < -0.3 is 19.3 Å². The molecule has 1 fully saturated rings. The summed E-state index contributed by atoms with van der Waals surface area (Å²) >= 11 is 0. The van der Waals surface area contributed by atoms with Gasteiger partial charge in [0, 0.05) is 38.8 Å². The first-order valence-electron chi connectivity index (χ1n) is 12.2. The Hall–Kier alpha value is -2.28. The summed E-state index contributed by atoms with van der Waals surface area (Å²) in [5.74, 6) is 1.16. The maximum absolute atomic E-state index is 13.3. The molecule has 1 unspecified atom stereocenters. The number of hydrogen-bond donors (Lipinski definition) is 0. The van der Waals surface area contributed by atoms with Gasteiger partial charge in [0.15, 0.2) is 0 Å². The molecular weight excluding hydrogens is 406 g/mol. The van der Waals surface area contributed by atoms with E-state index >= 15 is 0 Å². The number of benzene rings is 1. The minimum Gasteiger partial charge on any atom is -0.496 e. The Morgan fingerprint density at radius 3 is 2.59 bits per heavy atom. The first-order chi connectivity index (χ1) is 15.6. The molecular formula is C25H39N3O4. The summed E-state index contributed by atoms with van der Waals surface area (Å²) in [6.07, 6.45) is 5.42. The third kappa shape index (κ3) is 6.15. The Labute approximate surface area is 192 Å². The van der Waals surface area contributed by atoms with Gasteiger partial charge in [0.25, 0.3) is 0 Å². The maximum Gasteiger partial charge on any atom is 0.409 e. The van der Waals surface area contributed by atoms with E-state index in [1.807, 2.05) is 12.1 Å². The van der Waals surface area contributed by atoms with E-state index in [-0.39, 0.29) is 18.0 Å². The summed E-state index contributed by atoms with van der Waals surface area (Å²) in [5.41, 5.74) is 2.58. The fourth-order valence-corrected chi connectivity index (χ4v) is 4.73. The van der Waals surface area contributed by atoms with Crippen molar-refractivity contribution in [1.29, 1.82) is 0 Å². The van der Waals surface area contributed by atoms with Gasteiger partial charge in [0.2, 0.25) is 5.91 Å². The Bertz CT molecular complexity index is 762. The van der Waals surface area contributed by atoms with E-state index in [1.165, 1.54) is 11.1 Å². The highest BCUT2D eigenvalue weighted by Crippen LogP contribution is 2.31. The highest BCUT2D eigenvalue weighted by molar-refractivity contribution is 5.79. The predicted molar refractivity (Wildman–Crippen MR) is 125 cm³/mol.